The Morgan fingerprint density at radius 1 is 1.10 bits per heavy atom. The molecule has 4 rings (SSSR count). The Morgan fingerprint density at radius 2 is 2.00 bits per heavy atom. The summed E-state index contributed by atoms with van der Waals surface area (Å²) in [6.07, 6.45) is 2.27. The average molecular weight is 454 g/mol. The van der Waals surface area contributed by atoms with Crippen molar-refractivity contribution < 1.29 is 4.74 Å². The van der Waals surface area contributed by atoms with Crippen LogP contribution in [0.3, 0.4) is 0 Å². The quantitative estimate of drug-likeness (QED) is 0.567. The topological polar surface area (TPSA) is 63.2 Å². The summed E-state index contributed by atoms with van der Waals surface area (Å²) < 4.78 is 6.30. The molecule has 1 fully saturated rings. The molecule has 1 unspecified atom stereocenters. The number of hydrogen-bond acceptors (Lipinski definition) is 6. The van der Waals surface area contributed by atoms with Gasteiger partial charge in [-0.05, 0) is 65.2 Å². The van der Waals surface area contributed by atoms with Gasteiger partial charge in [0.25, 0.3) is 0 Å². The van der Waals surface area contributed by atoms with Crippen molar-refractivity contribution in [1.82, 2.24) is 20.5 Å². The highest BCUT2D eigenvalue weighted by atomic mass is 79.9. The van der Waals surface area contributed by atoms with Crippen molar-refractivity contribution >= 4 is 21.7 Å². The van der Waals surface area contributed by atoms with Gasteiger partial charge < -0.3 is 15.0 Å². The number of pyridine rings is 1. The highest BCUT2D eigenvalue weighted by Crippen LogP contribution is 2.28. The number of nitrogens with one attached hydrogen (secondary N) is 1. The number of nitrogens with zero attached hydrogens (tertiary/aromatic N) is 4. The molecule has 2 aromatic heterocycles. The van der Waals surface area contributed by atoms with Crippen LogP contribution in [0, 0.1) is 0 Å². The van der Waals surface area contributed by atoms with Gasteiger partial charge in [0.05, 0.1) is 18.5 Å². The van der Waals surface area contributed by atoms with E-state index in [0.29, 0.717) is 6.04 Å². The maximum absolute atomic E-state index is 5.44. The van der Waals surface area contributed by atoms with Gasteiger partial charge in [-0.1, -0.05) is 18.2 Å². The summed E-state index contributed by atoms with van der Waals surface area (Å²) in [5.41, 5.74) is 2.81. The molecule has 0 aliphatic carbocycles. The van der Waals surface area contributed by atoms with Gasteiger partial charge in [0.2, 0.25) is 0 Å². The SMILES string of the molecule is COc1ccccc1-c1ccc(N2CCCC(NCc3cccc(Br)n3)C2)nn1. The molecule has 0 radical (unpaired) electrons. The Hall–Kier alpha value is -2.51. The van der Waals surface area contributed by atoms with E-state index in [1.165, 1.54) is 0 Å². The van der Waals surface area contributed by atoms with E-state index < -0.39 is 0 Å². The van der Waals surface area contributed by atoms with Crippen molar-refractivity contribution in [2.75, 3.05) is 25.1 Å². The summed E-state index contributed by atoms with van der Waals surface area (Å²) in [6, 6.07) is 18.3. The van der Waals surface area contributed by atoms with Crippen molar-refractivity contribution in [3.63, 3.8) is 0 Å². The highest BCUT2D eigenvalue weighted by molar-refractivity contribution is 9.10. The van der Waals surface area contributed by atoms with Crippen LogP contribution in [0.4, 0.5) is 5.82 Å². The van der Waals surface area contributed by atoms with Crippen molar-refractivity contribution in [3.05, 3.63) is 64.9 Å². The summed E-state index contributed by atoms with van der Waals surface area (Å²) in [4.78, 5) is 6.80. The number of anilines is 1. The fourth-order valence-corrected chi connectivity index (χ4v) is 4.02. The molecule has 3 aromatic rings. The van der Waals surface area contributed by atoms with Crippen molar-refractivity contribution in [2.45, 2.75) is 25.4 Å². The molecule has 1 aliphatic heterocycles. The molecule has 150 valence electrons. The van der Waals surface area contributed by atoms with Gasteiger partial charge in [0, 0.05) is 31.2 Å². The van der Waals surface area contributed by atoms with Crippen LogP contribution in [0.5, 0.6) is 5.75 Å². The van der Waals surface area contributed by atoms with Crippen LogP contribution >= 0.6 is 15.9 Å². The normalized spacial score (nSPS) is 16.6. The Labute approximate surface area is 179 Å². The predicted molar refractivity (Wildman–Crippen MR) is 118 cm³/mol. The first-order chi connectivity index (χ1) is 14.2. The van der Waals surface area contributed by atoms with Crippen molar-refractivity contribution in [2.24, 2.45) is 0 Å². The van der Waals surface area contributed by atoms with Gasteiger partial charge >= 0.3 is 0 Å². The summed E-state index contributed by atoms with van der Waals surface area (Å²) in [7, 11) is 1.67. The standard InChI is InChI=1S/C22H24BrN5O/c1-29-20-9-3-2-8-18(20)19-11-12-22(27-26-19)28-13-5-7-17(15-28)24-14-16-6-4-10-21(23)25-16/h2-4,6,8-12,17,24H,5,7,13-15H2,1H3. The Kier molecular flexibility index (Phi) is 6.36. The highest BCUT2D eigenvalue weighted by Gasteiger charge is 2.21. The smallest absolute Gasteiger partial charge is 0.151 e. The predicted octanol–water partition coefficient (Wildman–Crippen LogP) is 4.07. The molecule has 0 saturated carbocycles. The van der Waals surface area contributed by atoms with Gasteiger partial charge in [-0.15, -0.1) is 10.2 Å². The maximum atomic E-state index is 5.44. The van der Waals surface area contributed by atoms with Crippen molar-refractivity contribution in [3.8, 4) is 17.0 Å². The van der Waals surface area contributed by atoms with Crippen LogP contribution in [0.25, 0.3) is 11.3 Å². The van der Waals surface area contributed by atoms with Gasteiger partial charge in [-0.2, -0.15) is 0 Å². The van der Waals surface area contributed by atoms with Gasteiger partial charge in [0.1, 0.15) is 10.4 Å². The van der Waals surface area contributed by atoms with Crippen molar-refractivity contribution in [1.29, 1.82) is 0 Å². The molecular weight excluding hydrogens is 430 g/mol. The number of ether oxygens (including phenoxy) is 1. The molecule has 3 heterocycles. The zero-order chi connectivity index (χ0) is 20.1. The Morgan fingerprint density at radius 3 is 2.79 bits per heavy atom. The third-order valence-corrected chi connectivity index (χ3v) is 5.57. The number of hydrogen-bond donors (Lipinski definition) is 1. The first kappa shape index (κ1) is 19.8. The van der Waals surface area contributed by atoms with Crippen LogP contribution in [0.15, 0.2) is 59.2 Å². The first-order valence-electron chi connectivity index (χ1n) is 9.80. The maximum Gasteiger partial charge on any atom is 0.151 e. The van der Waals surface area contributed by atoms with Gasteiger partial charge in [-0.3, -0.25) is 0 Å². The molecular formula is C22H24BrN5O. The van der Waals surface area contributed by atoms with E-state index in [2.05, 4.69) is 41.3 Å². The summed E-state index contributed by atoms with van der Waals surface area (Å²) in [6.45, 7) is 2.67. The van der Waals surface area contributed by atoms with Crippen LogP contribution in [-0.2, 0) is 6.54 Å². The number of rotatable bonds is 6. The Bertz CT molecular complexity index is 950. The molecule has 1 aliphatic rings. The number of piperidine rings is 1. The third-order valence-electron chi connectivity index (χ3n) is 5.12. The lowest BCUT2D eigenvalue weighted by atomic mass is 10.1. The second-order valence-corrected chi connectivity index (χ2v) is 7.91. The minimum atomic E-state index is 0.403. The number of methoxy groups -OCH3 is 1. The molecule has 0 bridgehead atoms. The lowest BCUT2D eigenvalue weighted by molar-refractivity contribution is 0.416. The van der Waals surface area contributed by atoms with E-state index in [4.69, 9.17) is 4.74 Å². The number of benzene rings is 1. The van der Waals surface area contributed by atoms with E-state index >= 15 is 0 Å². The molecule has 6 nitrogen and oxygen atoms in total. The minimum Gasteiger partial charge on any atom is -0.496 e. The average Bonchev–Trinajstić information content (AvgIpc) is 2.78. The summed E-state index contributed by atoms with van der Waals surface area (Å²) >= 11 is 3.43. The molecule has 1 aromatic carbocycles. The monoisotopic (exact) mass is 453 g/mol. The molecule has 1 saturated heterocycles. The van der Waals surface area contributed by atoms with Crippen LogP contribution in [-0.4, -0.2) is 41.4 Å². The molecule has 0 spiro atoms. The van der Waals surface area contributed by atoms with Gasteiger partial charge in [-0.25, -0.2) is 4.98 Å². The lowest BCUT2D eigenvalue weighted by Gasteiger charge is -2.33. The number of para-hydroxylation sites is 1. The van der Waals surface area contributed by atoms with E-state index in [9.17, 15) is 0 Å². The molecule has 7 heteroatoms. The molecule has 1 N–H and O–H groups in total. The third kappa shape index (κ3) is 4.92. The van der Waals surface area contributed by atoms with Crippen LogP contribution in [0.2, 0.25) is 0 Å². The Balaban J connectivity index is 1.40. The number of halogens is 1. The van der Waals surface area contributed by atoms with Crippen LogP contribution < -0.4 is 15.0 Å². The summed E-state index contributed by atoms with van der Waals surface area (Å²) in [5, 5.41) is 12.6. The molecule has 1 atom stereocenters. The second-order valence-electron chi connectivity index (χ2n) is 7.09. The van der Waals surface area contributed by atoms with E-state index in [-0.39, 0.29) is 0 Å². The van der Waals surface area contributed by atoms with Gasteiger partial charge in [0.15, 0.2) is 5.82 Å². The first-order valence-corrected chi connectivity index (χ1v) is 10.6. The summed E-state index contributed by atoms with van der Waals surface area (Å²) in [5.74, 6) is 1.72. The fourth-order valence-electron chi connectivity index (χ4n) is 3.64. The van der Waals surface area contributed by atoms with E-state index in [0.717, 1.165) is 65.6 Å². The van der Waals surface area contributed by atoms with Crippen LogP contribution in [0.1, 0.15) is 18.5 Å². The second kappa shape index (κ2) is 9.33. The fraction of sp³-hybridized carbons (Fsp3) is 0.318. The zero-order valence-corrected chi connectivity index (χ0v) is 18.0. The number of aromatic nitrogens is 3. The minimum absolute atomic E-state index is 0.403. The van der Waals surface area contributed by atoms with E-state index in [1.807, 2.05) is 54.6 Å². The molecule has 0 amide bonds. The largest absolute Gasteiger partial charge is 0.496 e. The molecule has 29 heavy (non-hydrogen) atoms. The lowest BCUT2D eigenvalue weighted by Crippen LogP contribution is -2.46. The zero-order valence-electron chi connectivity index (χ0n) is 16.4. The van der Waals surface area contributed by atoms with E-state index in [1.54, 1.807) is 7.11 Å².